The van der Waals surface area contributed by atoms with Crippen LogP contribution in [-0.4, -0.2) is 22.3 Å². The number of benzene rings is 2. The number of aromatic hydroxyl groups is 1. The van der Waals surface area contributed by atoms with Crippen LogP contribution in [0.5, 0.6) is 11.5 Å². The highest BCUT2D eigenvalue weighted by atomic mass is 19.4. The standard InChI is InChI=1S/C27H29F3O4/c1-17(2)8-15-22-23(34-21-6-4-3-5-7-21)16-19(24(25(22)31)26(32)33)12-9-18-10-13-20(14-11-18)27(28,29)30/h8-14,16,21,31H,3-7,15H2,1-2H3,(H,32,33)/b12-9+. The molecule has 34 heavy (non-hydrogen) atoms. The third kappa shape index (κ3) is 6.43. The second-order valence-corrected chi connectivity index (χ2v) is 8.79. The van der Waals surface area contributed by atoms with Crippen molar-refractivity contribution in [3.63, 3.8) is 0 Å². The Labute approximate surface area is 197 Å². The Morgan fingerprint density at radius 2 is 1.74 bits per heavy atom. The molecule has 1 aliphatic rings. The van der Waals surface area contributed by atoms with Crippen molar-refractivity contribution in [2.75, 3.05) is 0 Å². The number of rotatable bonds is 7. The first-order valence-corrected chi connectivity index (χ1v) is 11.3. The predicted octanol–water partition coefficient (Wildman–Crippen LogP) is 7.50. The maximum absolute atomic E-state index is 12.8. The number of carbonyl (C=O) groups is 1. The van der Waals surface area contributed by atoms with E-state index in [-0.39, 0.29) is 23.0 Å². The molecule has 182 valence electrons. The Morgan fingerprint density at radius 3 is 2.29 bits per heavy atom. The van der Waals surface area contributed by atoms with Gasteiger partial charge in [0, 0.05) is 5.56 Å². The van der Waals surface area contributed by atoms with Crippen LogP contribution in [0.2, 0.25) is 0 Å². The van der Waals surface area contributed by atoms with Gasteiger partial charge in [0.05, 0.1) is 11.7 Å². The lowest BCUT2D eigenvalue weighted by Gasteiger charge is -2.25. The third-order valence-corrected chi connectivity index (χ3v) is 5.86. The summed E-state index contributed by atoms with van der Waals surface area (Å²) < 4.78 is 44.7. The van der Waals surface area contributed by atoms with Gasteiger partial charge >= 0.3 is 12.1 Å². The number of hydrogen-bond acceptors (Lipinski definition) is 3. The van der Waals surface area contributed by atoms with Gasteiger partial charge in [-0.3, -0.25) is 0 Å². The number of allylic oxidation sites excluding steroid dienone is 2. The van der Waals surface area contributed by atoms with E-state index in [1.54, 1.807) is 6.07 Å². The average Bonchev–Trinajstić information content (AvgIpc) is 2.77. The van der Waals surface area contributed by atoms with Gasteiger partial charge in [-0.15, -0.1) is 0 Å². The lowest BCUT2D eigenvalue weighted by atomic mass is 9.95. The van der Waals surface area contributed by atoms with Gasteiger partial charge in [0.2, 0.25) is 0 Å². The molecule has 0 aliphatic heterocycles. The van der Waals surface area contributed by atoms with E-state index in [2.05, 4.69) is 0 Å². The van der Waals surface area contributed by atoms with Gasteiger partial charge in [0.1, 0.15) is 17.1 Å². The zero-order chi connectivity index (χ0) is 24.9. The van der Waals surface area contributed by atoms with E-state index in [1.807, 2.05) is 19.9 Å². The van der Waals surface area contributed by atoms with E-state index in [0.29, 0.717) is 23.3 Å². The van der Waals surface area contributed by atoms with Gasteiger partial charge in [0.15, 0.2) is 0 Å². The van der Waals surface area contributed by atoms with Gasteiger partial charge < -0.3 is 14.9 Å². The molecule has 0 bridgehead atoms. The zero-order valence-corrected chi connectivity index (χ0v) is 19.3. The minimum Gasteiger partial charge on any atom is -0.507 e. The molecule has 0 amide bonds. The number of aromatic carboxylic acids is 1. The van der Waals surface area contributed by atoms with Crippen molar-refractivity contribution in [3.05, 3.63) is 69.8 Å². The fourth-order valence-corrected chi connectivity index (χ4v) is 4.00. The fourth-order valence-electron chi connectivity index (χ4n) is 4.00. The summed E-state index contributed by atoms with van der Waals surface area (Å²) in [6.07, 6.45) is 5.78. The summed E-state index contributed by atoms with van der Waals surface area (Å²) in [4.78, 5) is 12.0. The van der Waals surface area contributed by atoms with E-state index >= 15 is 0 Å². The molecule has 2 aromatic carbocycles. The SMILES string of the molecule is CC(C)=CCc1c(OC2CCCCC2)cc(/C=C/c2ccc(C(F)(F)F)cc2)c(C(=O)O)c1O. The summed E-state index contributed by atoms with van der Waals surface area (Å²) in [6, 6.07) is 6.15. The second-order valence-electron chi connectivity index (χ2n) is 8.79. The van der Waals surface area contributed by atoms with Crippen LogP contribution < -0.4 is 4.74 Å². The van der Waals surface area contributed by atoms with Crippen molar-refractivity contribution in [2.45, 2.75) is 64.7 Å². The maximum Gasteiger partial charge on any atom is 0.416 e. The van der Waals surface area contributed by atoms with Crippen molar-refractivity contribution in [3.8, 4) is 11.5 Å². The van der Waals surface area contributed by atoms with Crippen molar-refractivity contribution in [1.29, 1.82) is 0 Å². The van der Waals surface area contributed by atoms with E-state index in [4.69, 9.17) is 4.74 Å². The largest absolute Gasteiger partial charge is 0.507 e. The molecule has 0 atom stereocenters. The molecule has 0 spiro atoms. The van der Waals surface area contributed by atoms with Crippen LogP contribution in [0.3, 0.4) is 0 Å². The molecule has 4 nitrogen and oxygen atoms in total. The summed E-state index contributed by atoms with van der Waals surface area (Å²) in [5.74, 6) is -1.23. The summed E-state index contributed by atoms with van der Waals surface area (Å²) >= 11 is 0. The minimum atomic E-state index is -4.43. The number of carboxylic acids is 1. The number of halogens is 3. The van der Waals surface area contributed by atoms with Crippen molar-refractivity contribution in [2.24, 2.45) is 0 Å². The Kier molecular flexibility index (Phi) is 8.07. The van der Waals surface area contributed by atoms with Crippen LogP contribution in [0.1, 0.15) is 78.6 Å². The molecule has 0 unspecified atom stereocenters. The van der Waals surface area contributed by atoms with Gasteiger partial charge in [-0.2, -0.15) is 13.2 Å². The van der Waals surface area contributed by atoms with Crippen molar-refractivity contribution >= 4 is 18.1 Å². The Balaban J connectivity index is 2.03. The average molecular weight is 475 g/mol. The van der Waals surface area contributed by atoms with Crippen molar-refractivity contribution in [1.82, 2.24) is 0 Å². The Morgan fingerprint density at radius 1 is 1.09 bits per heavy atom. The second kappa shape index (κ2) is 10.8. The molecular weight excluding hydrogens is 445 g/mol. The number of hydrogen-bond donors (Lipinski definition) is 2. The first kappa shape index (κ1) is 25.4. The lowest BCUT2D eigenvalue weighted by Crippen LogP contribution is -2.20. The lowest BCUT2D eigenvalue weighted by molar-refractivity contribution is -0.137. The van der Waals surface area contributed by atoms with Gasteiger partial charge in [-0.25, -0.2) is 4.79 Å². The van der Waals surface area contributed by atoms with Crippen LogP contribution in [0.4, 0.5) is 13.2 Å². The van der Waals surface area contributed by atoms with Crippen LogP contribution in [0.25, 0.3) is 12.2 Å². The molecule has 1 aliphatic carbocycles. The molecule has 0 saturated heterocycles. The zero-order valence-electron chi connectivity index (χ0n) is 19.3. The first-order chi connectivity index (χ1) is 16.1. The first-order valence-electron chi connectivity index (χ1n) is 11.3. The molecule has 0 radical (unpaired) electrons. The molecule has 0 heterocycles. The highest BCUT2D eigenvalue weighted by Crippen LogP contribution is 2.38. The monoisotopic (exact) mass is 474 g/mol. The number of phenols is 1. The highest BCUT2D eigenvalue weighted by molar-refractivity contribution is 5.97. The Bertz CT molecular complexity index is 1070. The third-order valence-electron chi connectivity index (χ3n) is 5.86. The van der Waals surface area contributed by atoms with Crippen LogP contribution in [0, 0.1) is 0 Å². The van der Waals surface area contributed by atoms with Crippen LogP contribution >= 0.6 is 0 Å². The minimum absolute atomic E-state index is 0.0129. The predicted molar refractivity (Wildman–Crippen MR) is 126 cm³/mol. The van der Waals surface area contributed by atoms with Gasteiger partial charge in [-0.1, -0.05) is 42.4 Å². The van der Waals surface area contributed by atoms with Crippen LogP contribution in [-0.2, 0) is 12.6 Å². The molecule has 1 saturated carbocycles. The number of ether oxygens (including phenoxy) is 1. The smallest absolute Gasteiger partial charge is 0.416 e. The fraction of sp³-hybridized carbons (Fsp3) is 0.370. The molecular formula is C27H29F3O4. The molecule has 0 aromatic heterocycles. The van der Waals surface area contributed by atoms with Gasteiger partial charge in [-0.05, 0) is 75.3 Å². The summed E-state index contributed by atoms with van der Waals surface area (Å²) in [5.41, 5.74) is 1.09. The summed E-state index contributed by atoms with van der Waals surface area (Å²) in [7, 11) is 0. The van der Waals surface area contributed by atoms with E-state index in [1.165, 1.54) is 24.3 Å². The number of alkyl halides is 3. The van der Waals surface area contributed by atoms with Crippen LogP contribution in [0.15, 0.2) is 42.0 Å². The quantitative estimate of drug-likeness (QED) is 0.322. The maximum atomic E-state index is 12.8. The van der Waals surface area contributed by atoms with E-state index < -0.39 is 17.7 Å². The normalized spacial score (nSPS) is 14.9. The molecule has 2 N–H and O–H groups in total. The van der Waals surface area contributed by atoms with E-state index in [0.717, 1.165) is 49.8 Å². The molecule has 3 rings (SSSR count). The Hall–Kier alpha value is -3.22. The summed E-state index contributed by atoms with van der Waals surface area (Å²) in [5, 5.41) is 20.7. The topological polar surface area (TPSA) is 66.8 Å². The molecule has 1 fully saturated rings. The van der Waals surface area contributed by atoms with Crippen molar-refractivity contribution < 1.29 is 32.9 Å². The van der Waals surface area contributed by atoms with E-state index in [9.17, 15) is 28.2 Å². The highest BCUT2D eigenvalue weighted by Gasteiger charge is 2.30. The molecule has 2 aromatic rings. The number of carboxylic acid groups (broad SMARTS) is 1. The molecule has 7 heteroatoms. The van der Waals surface area contributed by atoms with Gasteiger partial charge in [0.25, 0.3) is 0 Å². The summed E-state index contributed by atoms with van der Waals surface area (Å²) in [6.45, 7) is 3.83.